The van der Waals surface area contributed by atoms with Crippen LogP contribution in [-0.2, 0) is 4.79 Å². The highest BCUT2D eigenvalue weighted by molar-refractivity contribution is 8.27. The highest BCUT2D eigenvalue weighted by Gasteiger charge is 2.35. The van der Waals surface area contributed by atoms with Gasteiger partial charge in [0, 0.05) is 11.6 Å². The molecule has 30 heavy (non-hydrogen) atoms. The topological polar surface area (TPSA) is 80.0 Å². The Morgan fingerprint density at radius 2 is 1.97 bits per heavy atom. The van der Waals surface area contributed by atoms with E-state index in [4.69, 9.17) is 26.5 Å². The van der Waals surface area contributed by atoms with Gasteiger partial charge in [-0.2, -0.15) is 0 Å². The van der Waals surface area contributed by atoms with E-state index in [1.165, 1.54) is 35.9 Å². The van der Waals surface area contributed by atoms with Crippen molar-refractivity contribution in [3.8, 4) is 17.1 Å². The molecule has 0 radical (unpaired) electrons. The van der Waals surface area contributed by atoms with Gasteiger partial charge in [0.15, 0.2) is 4.32 Å². The Labute approximate surface area is 181 Å². The minimum Gasteiger partial charge on any atom is -0.495 e. The van der Waals surface area contributed by atoms with Crippen molar-refractivity contribution < 1.29 is 23.8 Å². The molecule has 2 aromatic carbocycles. The smallest absolute Gasteiger partial charge is 0.335 e. The van der Waals surface area contributed by atoms with E-state index in [9.17, 15) is 9.59 Å². The molecular weight excluding hydrogens is 422 g/mol. The summed E-state index contributed by atoms with van der Waals surface area (Å²) in [6.45, 7) is 0. The Balaban J connectivity index is 1.62. The van der Waals surface area contributed by atoms with Crippen LogP contribution in [0.15, 0.2) is 70.0 Å². The SMILES string of the molecule is COc1ccccc1N1C(=O)C(=Cc2ccc(-c3cccc(C(=O)O)c3)o2)SC1=S. The van der Waals surface area contributed by atoms with Crippen molar-refractivity contribution in [1.82, 2.24) is 0 Å². The highest BCUT2D eigenvalue weighted by Crippen LogP contribution is 2.40. The molecule has 1 saturated heterocycles. The van der Waals surface area contributed by atoms with Gasteiger partial charge < -0.3 is 14.3 Å². The Kier molecular flexibility index (Phi) is 5.43. The van der Waals surface area contributed by atoms with Crippen molar-refractivity contribution >= 4 is 51.9 Å². The first kappa shape index (κ1) is 19.9. The van der Waals surface area contributed by atoms with Gasteiger partial charge in [0.2, 0.25) is 0 Å². The van der Waals surface area contributed by atoms with Crippen LogP contribution >= 0.6 is 24.0 Å². The molecule has 1 aliphatic rings. The number of rotatable bonds is 5. The summed E-state index contributed by atoms with van der Waals surface area (Å²) in [5.41, 5.74) is 1.38. The van der Waals surface area contributed by atoms with E-state index in [0.29, 0.717) is 37.7 Å². The number of amides is 1. The number of carbonyl (C=O) groups excluding carboxylic acids is 1. The number of carbonyl (C=O) groups is 2. The lowest BCUT2D eigenvalue weighted by Crippen LogP contribution is -2.27. The zero-order valence-electron chi connectivity index (χ0n) is 15.7. The van der Waals surface area contributed by atoms with Crippen LogP contribution in [0.25, 0.3) is 17.4 Å². The van der Waals surface area contributed by atoms with Crippen molar-refractivity contribution in [3.63, 3.8) is 0 Å². The van der Waals surface area contributed by atoms with E-state index in [2.05, 4.69) is 0 Å². The Bertz CT molecular complexity index is 1200. The van der Waals surface area contributed by atoms with Crippen molar-refractivity contribution in [1.29, 1.82) is 0 Å². The lowest BCUT2D eigenvalue weighted by molar-refractivity contribution is -0.113. The number of anilines is 1. The summed E-state index contributed by atoms with van der Waals surface area (Å²) in [6.07, 6.45) is 1.62. The van der Waals surface area contributed by atoms with Crippen LogP contribution in [0.2, 0.25) is 0 Å². The summed E-state index contributed by atoms with van der Waals surface area (Å²) in [5.74, 6) is 0.244. The third-order valence-electron chi connectivity index (χ3n) is 4.41. The summed E-state index contributed by atoms with van der Waals surface area (Å²) >= 11 is 6.58. The number of hydrogen-bond donors (Lipinski definition) is 1. The maximum atomic E-state index is 13.0. The number of benzene rings is 2. The first-order valence-electron chi connectivity index (χ1n) is 8.82. The number of carboxylic acids is 1. The maximum Gasteiger partial charge on any atom is 0.335 e. The minimum absolute atomic E-state index is 0.170. The normalized spacial score (nSPS) is 15.1. The van der Waals surface area contributed by atoms with Crippen LogP contribution in [0.4, 0.5) is 5.69 Å². The second-order valence-corrected chi connectivity index (χ2v) is 7.95. The largest absolute Gasteiger partial charge is 0.495 e. The molecule has 1 aliphatic heterocycles. The van der Waals surface area contributed by atoms with Crippen LogP contribution in [0.5, 0.6) is 5.75 Å². The van der Waals surface area contributed by atoms with Gasteiger partial charge in [-0.15, -0.1) is 0 Å². The van der Waals surface area contributed by atoms with Crippen LogP contribution in [-0.4, -0.2) is 28.4 Å². The molecule has 8 heteroatoms. The maximum absolute atomic E-state index is 13.0. The van der Waals surface area contributed by atoms with Crippen molar-refractivity contribution in [2.24, 2.45) is 0 Å². The van der Waals surface area contributed by atoms with Gasteiger partial charge >= 0.3 is 5.97 Å². The number of hydrogen-bond acceptors (Lipinski definition) is 6. The number of carboxylic acid groups (broad SMARTS) is 1. The molecule has 6 nitrogen and oxygen atoms in total. The molecular formula is C22H15NO5S2. The van der Waals surface area contributed by atoms with Crippen molar-refractivity contribution in [2.75, 3.05) is 12.0 Å². The first-order chi connectivity index (χ1) is 14.5. The molecule has 0 atom stereocenters. The van der Waals surface area contributed by atoms with E-state index >= 15 is 0 Å². The average molecular weight is 437 g/mol. The van der Waals surface area contributed by atoms with Crippen molar-refractivity contribution in [3.05, 3.63) is 76.9 Å². The Hall–Kier alpha value is -3.36. The van der Waals surface area contributed by atoms with Gasteiger partial charge in [0.25, 0.3) is 5.91 Å². The van der Waals surface area contributed by atoms with Crippen LogP contribution < -0.4 is 9.64 Å². The second-order valence-electron chi connectivity index (χ2n) is 6.28. The van der Waals surface area contributed by atoms with E-state index in [0.717, 1.165) is 0 Å². The van der Waals surface area contributed by atoms with Crippen LogP contribution in [0.3, 0.4) is 0 Å². The molecule has 4 rings (SSSR count). The molecule has 0 saturated carbocycles. The molecule has 1 amide bonds. The molecule has 150 valence electrons. The molecule has 1 N–H and O–H groups in total. The fraction of sp³-hybridized carbons (Fsp3) is 0.0455. The Morgan fingerprint density at radius 3 is 2.73 bits per heavy atom. The van der Waals surface area contributed by atoms with Gasteiger partial charge in [-0.25, -0.2) is 4.79 Å². The molecule has 0 aliphatic carbocycles. The van der Waals surface area contributed by atoms with Gasteiger partial charge in [-0.05, 0) is 36.4 Å². The number of furan rings is 1. The monoisotopic (exact) mass is 437 g/mol. The summed E-state index contributed by atoms with van der Waals surface area (Å²) in [7, 11) is 1.54. The summed E-state index contributed by atoms with van der Waals surface area (Å²) in [5, 5.41) is 9.16. The average Bonchev–Trinajstić information content (AvgIpc) is 3.32. The predicted octanol–water partition coefficient (Wildman–Crippen LogP) is 5.06. The molecule has 0 unspecified atom stereocenters. The van der Waals surface area contributed by atoms with E-state index in [1.807, 2.05) is 12.1 Å². The zero-order chi connectivity index (χ0) is 21.3. The van der Waals surface area contributed by atoms with Crippen LogP contribution in [0.1, 0.15) is 16.1 Å². The van der Waals surface area contributed by atoms with Gasteiger partial charge in [-0.3, -0.25) is 9.69 Å². The number of aromatic carboxylic acids is 1. The fourth-order valence-corrected chi connectivity index (χ4v) is 4.28. The number of thioether (sulfide) groups is 1. The second kappa shape index (κ2) is 8.17. The van der Waals surface area contributed by atoms with E-state index in [1.54, 1.807) is 42.5 Å². The molecule has 3 aromatic rings. The third-order valence-corrected chi connectivity index (χ3v) is 5.72. The molecule has 1 fully saturated rings. The Morgan fingerprint density at radius 1 is 1.17 bits per heavy atom. The summed E-state index contributed by atoms with van der Waals surface area (Å²) in [4.78, 5) is 26.0. The number of thiocarbonyl (C=S) groups is 1. The highest BCUT2D eigenvalue weighted by atomic mass is 32.2. The van der Waals surface area contributed by atoms with Gasteiger partial charge in [0.05, 0.1) is 23.3 Å². The summed E-state index contributed by atoms with van der Waals surface area (Å²) < 4.78 is 11.6. The number of nitrogens with zero attached hydrogens (tertiary/aromatic N) is 1. The van der Waals surface area contributed by atoms with Crippen molar-refractivity contribution in [2.45, 2.75) is 0 Å². The lowest BCUT2D eigenvalue weighted by atomic mass is 10.1. The fourth-order valence-electron chi connectivity index (χ4n) is 3.01. The zero-order valence-corrected chi connectivity index (χ0v) is 17.3. The van der Waals surface area contributed by atoms with E-state index in [-0.39, 0.29) is 11.5 Å². The predicted molar refractivity (Wildman–Crippen MR) is 120 cm³/mol. The quantitative estimate of drug-likeness (QED) is 0.441. The molecule has 2 heterocycles. The summed E-state index contributed by atoms with van der Waals surface area (Å²) in [6, 6.07) is 17.1. The lowest BCUT2D eigenvalue weighted by Gasteiger charge is -2.17. The standard InChI is InChI=1S/C22H15NO5S2/c1-27-18-8-3-2-7-16(18)23-20(24)19(30-22(23)29)12-15-9-10-17(28-15)13-5-4-6-14(11-13)21(25)26/h2-12H,1H3,(H,25,26). The van der Waals surface area contributed by atoms with Crippen LogP contribution in [0, 0.1) is 0 Å². The number of para-hydroxylation sites is 2. The number of methoxy groups -OCH3 is 1. The molecule has 0 bridgehead atoms. The minimum atomic E-state index is -1.01. The molecule has 0 spiro atoms. The van der Waals surface area contributed by atoms with E-state index < -0.39 is 5.97 Å². The first-order valence-corrected chi connectivity index (χ1v) is 10.0. The number of ether oxygens (including phenoxy) is 1. The van der Waals surface area contributed by atoms with Gasteiger partial charge in [-0.1, -0.05) is 48.2 Å². The van der Waals surface area contributed by atoms with Gasteiger partial charge in [0.1, 0.15) is 17.3 Å². The third kappa shape index (κ3) is 3.74. The molecule has 1 aromatic heterocycles.